The summed E-state index contributed by atoms with van der Waals surface area (Å²) in [4.78, 5) is 14.3. The molecule has 0 aromatic heterocycles. The number of anilines is 1. The molecule has 21 heavy (non-hydrogen) atoms. The Kier molecular flexibility index (Phi) is 3.18. The summed E-state index contributed by atoms with van der Waals surface area (Å²) in [5, 5.41) is 11.1. The lowest BCUT2D eigenvalue weighted by Crippen LogP contribution is -2.41. The summed E-state index contributed by atoms with van der Waals surface area (Å²) >= 11 is 0. The smallest absolute Gasteiger partial charge is 0.268 e. The molecule has 0 aliphatic carbocycles. The molecule has 0 unspecified atom stereocenters. The second kappa shape index (κ2) is 4.90. The number of rotatable bonds is 3. The molecule has 1 amide bonds. The van der Waals surface area contributed by atoms with Crippen LogP contribution in [0.1, 0.15) is 18.1 Å². The standard InChI is InChI=1S/C17H17NO3/c1-3-18-15-7-5-4-6-14(15)17(20,16(18)19)12-8-10-13(21-2)11-9-12/h4-11,20H,3H2,1-2H3/t17-/m0/s1. The van der Waals surface area contributed by atoms with Crippen LogP contribution in [-0.2, 0) is 10.4 Å². The number of hydrogen-bond donors (Lipinski definition) is 1. The van der Waals surface area contributed by atoms with E-state index in [1.807, 2.05) is 25.1 Å². The van der Waals surface area contributed by atoms with Gasteiger partial charge in [-0.1, -0.05) is 30.3 Å². The molecule has 1 aliphatic rings. The summed E-state index contributed by atoms with van der Waals surface area (Å²) in [6.07, 6.45) is 0. The average molecular weight is 283 g/mol. The topological polar surface area (TPSA) is 49.8 Å². The fourth-order valence-corrected chi connectivity index (χ4v) is 2.86. The molecule has 1 aliphatic heterocycles. The second-order valence-electron chi connectivity index (χ2n) is 5.01. The third-order valence-corrected chi connectivity index (χ3v) is 3.96. The number of para-hydroxylation sites is 1. The van der Waals surface area contributed by atoms with Gasteiger partial charge in [0.1, 0.15) is 5.75 Å². The van der Waals surface area contributed by atoms with Gasteiger partial charge >= 0.3 is 0 Å². The molecule has 1 N–H and O–H groups in total. The Morgan fingerprint density at radius 2 is 1.81 bits per heavy atom. The molecule has 0 radical (unpaired) electrons. The number of carbonyl (C=O) groups is 1. The summed E-state index contributed by atoms with van der Waals surface area (Å²) in [7, 11) is 1.58. The van der Waals surface area contributed by atoms with E-state index in [1.165, 1.54) is 0 Å². The van der Waals surface area contributed by atoms with E-state index in [0.29, 0.717) is 23.4 Å². The number of hydrogen-bond acceptors (Lipinski definition) is 3. The predicted octanol–water partition coefficient (Wildman–Crippen LogP) is 2.30. The number of amides is 1. The normalized spacial score (nSPS) is 20.5. The Balaban J connectivity index is 2.17. The lowest BCUT2D eigenvalue weighted by Gasteiger charge is -2.23. The largest absolute Gasteiger partial charge is 0.497 e. The van der Waals surface area contributed by atoms with Crippen LogP contribution in [0.2, 0.25) is 0 Å². The molecule has 3 rings (SSSR count). The maximum absolute atomic E-state index is 12.7. The maximum atomic E-state index is 12.7. The van der Waals surface area contributed by atoms with E-state index in [0.717, 1.165) is 5.69 Å². The monoisotopic (exact) mass is 283 g/mol. The summed E-state index contributed by atoms with van der Waals surface area (Å²) in [5.74, 6) is 0.379. The molecular formula is C17H17NO3. The van der Waals surface area contributed by atoms with Crippen molar-refractivity contribution in [3.05, 3.63) is 59.7 Å². The number of nitrogens with zero attached hydrogens (tertiary/aromatic N) is 1. The molecular weight excluding hydrogens is 266 g/mol. The Morgan fingerprint density at radius 1 is 1.14 bits per heavy atom. The number of ether oxygens (including phenoxy) is 1. The van der Waals surface area contributed by atoms with Crippen molar-refractivity contribution in [1.29, 1.82) is 0 Å². The molecule has 0 fully saturated rings. The third kappa shape index (κ3) is 1.83. The summed E-state index contributed by atoms with van der Waals surface area (Å²) < 4.78 is 5.13. The van der Waals surface area contributed by atoms with Crippen LogP contribution in [0.4, 0.5) is 5.69 Å². The summed E-state index contributed by atoms with van der Waals surface area (Å²) in [6.45, 7) is 2.42. The Bertz CT molecular complexity index is 681. The number of aliphatic hydroxyl groups is 1. The van der Waals surface area contributed by atoms with Crippen LogP contribution in [0.15, 0.2) is 48.5 Å². The molecule has 0 saturated heterocycles. The first-order valence-corrected chi connectivity index (χ1v) is 6.91. The van der Waals surface area contributed by atoms with Crippen LogP contribution in [-0.4, -0.2) is 24.7 Å². The highest BCUT2D eigenvalue weighted by Gasteiger charge is 2.50. The van der Waals surface area contributed by atoms with Gasteiger partial charge in [0.15, 0.2) is 5.60 Å². The van der Waals surface area contributed by atoms with Crippen molar-refractivity contribution in [3.63, 3.8) is 0 Å². The van der Waals surface area contributed by atoms with Gasteiger partial charge < -0.3 is 14.7 Å². The van der Waals surface area contributed by atoms with Crippen molar-refractivity contribution >= 4 is 11.6 Å². The minimum absolute atomic E-state index is 0.309. The first-order valence-electron chi connectivity index (χ1n) is 6.91. The zero-order chi connectivity index (χ0) is 15.0. The van der Waals surface area contributed by atoms with Gasteiger partial charge in [-0.05, 0) is 30.7 Å². The Morgan fingerprint density at radius 3 is 2.43 bits per heavy atom. The quantitative estimate of drug-likeness (QED) is 0.940. The van der Waals surface area contributed by atoms with Crippen LogP contribution < -0.4 is 9.64 Å². The van der Waals surface area contributed by atoms with Gasteiger partial charge in [-0.15, -0.1) is 0 Å². The molecule has 1 atom stereocenters. The zero-order valence-electron chi connectivity index (χ0n) is 12.0. The van der Waals surface area contributed by atoms with Crippen molar-refractivity contribution in [3.8, 4) is 5.75 Å². The SMILES string of the molecule is CCN1C(=O)[C@](O)(c2ccc(OC)cc2)c2ccccc21. The lowest BCUT2D eigenvalue weighted by atomic mass is 9.87. The van der Waals surface area contributed by atoms with Gasteiger partial charge in [-0.3, -0.25) is 4.79 Å². The molecule has 2 aromatic rings. The van der Waals surface area contributed by atoms with Crippen LogP contribution in [0, 0.1) is 0 Å². The zero-order valence-corrected chi connectivity index (χ0v) is 12.0. The Hall–Kier alpha value is -2.33. The number of fused-ring (bicyclic) bond motifs is 1. The van der Waals surface area contributed by atoms with Crippen LogP contribution in [0.3, 0.4) is 0 Å². The lowest BCUT2D eigenvalue weighted by molar-refractivity contribution is -0.132. The molecule has 0 bridgehead atoms. The molecule has 0 spiro atoms. The molecule has 1 heterocycles. The van der Waals surface area contributed by atoms with E-state index in [1.54, 1.807) is 42.3 Å². The molecule has 108 valence electrons. The highest BCUT2D eigenvalue weighted by atomic mass is 16.5. The maximum Gasteiger partial charge on any atom is 0.268 e. The minimum atomic E-state index is -1.63. The van der Waals surface area contributed by atoms with Gasteiger partial charge in [-0.25, -0.2) is 0 Å². The van der Waals surface area contributed by atoms with Gasteiger partial charge in [-0.2, -0.15) is 0 Å². The second-order valence-corrected chi connectivity index (χ2v) is 5.01. The van der Waals surface area contributed by atoms with Gasteiger partial charge in [0.05, 0.1) is 12.8 Å². The van der Waals surface area contributed by atoms with Gasteiger partial charge in [0.25, 0.3) is 5.91 Å². The molecule has 4 nitrogen and oxygen atoms in total. The van der Waals surface area contributed by atoms with Gasteiger partial charge in [0, 0.05) is 12.1 Å². The van der Waals surface area contributed by atoms with Crippen molar-refractivity contribution in [2.24, 2.45) is 0 Å². The molecule has 2 aromatic carbocycles. The number of carbonyl (C=O) groups excluding carboxylic acids is 1. The van der Waals surface area contributed by atoms with E-state index in [2.05, 4.69) is 0 Å². The fraction of sp³-hybridized carbons (Fsp3) is 0.235. The third-order valence-electron chi connectivity index (χ3n) is 3.96. The number of likely N-dealkylation sites (N-methyl/N-ethyl adjacent to an activating group) is 1. The van der Waals surface area contributed by atoms with Crippen molar-refractivity contribution in [2.45, 2.75) is 12.5 Å². The number of methoxy groups -OCH3 is 1. The fourth-order valence-electron chi connectivity index (χ4n) is 2.86. The minimum Gasteiger partial charge on any atom is -0.497 e. The highest BCUT2D eigenvalue weighted by molar-refractivity contribution is 6.09. The van der Waals surface area contributed by atoms with Crippen molar-refractivity contribution in [2.75, 3.05) is 18.6 Å². The highest BCUT2D eigenvalue weighted by Crippen LogP contribution is 2.44. The average Bonchev–Trinajstić information content (AvgIpc) is 2.76. The van der Waals surface area contributed by atoms with Crippen LogP contribution in [0.25, 0.3) is 0 Å². The van der Waals surface area contributed by atoms with E-state index in [4.69, 9.17) is 4.74 Å². The van der Waals surface area contributed by atoms with E-state index >= 15 is 0 Å². The van der Waals surface area contributed by atoms with Gasteiger partial charge in [0.2, 0.25) is 0 Å². The van der Waals surface area contributed by atoms with Crippen molar-refractivity contribution < 1.29 is 14.6 Å². The summed E-state index contributed by atoms with van der Waals surface area (Å²) in [5.41, 5.74) is 0.320. The van der Waals surface area contributed by atoms with E-state index in [-0.39, 0.29) is 5.91 Å². The first kappa shape index (κ1) is 13.6. The number of benzene rings is 2. The summed E-state index contributed by atoms with van der Waals surface area (Å²) in [6, 6.07) is 14.3. The van der Waals surface area contributed by atoms with Crippen LogP contribution in [0.5, 0.6) is 5.75 Å². The van der Waals surface area contributed by atoms with E-state index in [9.17, 15) is 9.90 Å². The Labute approximate surface area is 123 Å². The predicted molar refractivity (Wildman–Crippen MR) is 80.5 cm³/mol. The van der Waals surface area contributed by atoms with Crippen molar-refractivity contribution in [1.82, 2.24) is 0 Å². The van der Waals surface area contributed by atoms with Crippen LogP contribution >= 0.6 is 0 Å². The molecule has 0 saturated carbocycles. The van der Waals surface area contributed by atoms with E-state index < -0.39 is 5.60 Å². The first-order chi connectivity index (χ1) is 10.1. The molecule has 4 heteroatoms.